The first kappa shape index (κ1) is 10.9. The molecule has 3 rings (SSSR count). The van der Waals surface area contributed by atoms with Gasteiger partial charge in [-0.15, -0.1) is 0 Å². The van der Waals surface area contributed by atoms with E-state index in [-0.39, 0.29) is 5.82 Å². The minimum Gasteiger partial charge on any atom is -0.326 e. The molecule has 1 aromatic carbocycles. The molecule has 0 aliphatic carbocycles. The highest BCUT2D eigenvalue weighted by Gasteiger charge is 2.08. The van der Waals surface area contributed by atoms with Crippen LogP contribution in [0, 0.1) is 5.82 Å². The van der Waals surface area contributed by atoms with Crippen molar-refractivity contribution < 1.29 is 4.39 Å². The largest absolute Gasteiger partial charge is 0.326 e. The summed E-state index contributed by atoms with van der Waals surface area (Å²) in [6, 6.07) is 10.5. The van der Waals surface area contributed by atoms with E-state index in [0.29, 0.717) is 6.54 Å². The summed E-state index contributed by atoms with van der Waals surface area (Å²) in [6.07, 6.45) is 3.62. The number of hydrogen-bond acceptors (Lipinski definition) is 2. The monoisotopic (exact) mass is 241 g/mol. The highest BCUT2D eigenvalue weighted by Crippen LogP contribution is 2.25. The van der Waals surface area contributed by atoms with E-state index < -0.39 is 0 Å². The zero-order valence-corrected chi connectivity index (χ0v) is 9.68. The van der Waals surface area contributed by atoms with Gasteiger partial charge >= 0.3 is 0 Å². The summed E-state index contributed by atoms with van der Waals surface area (Å²) >= 11 is 0. The number of imidazole rings is 1. The molecule has 0 saturated heterocycles. The lowest BCUT2D eigenvalue weighted by Gasteiger charge is -2.10. The lowest BCUT2D eigenvalue weighted by Crippen LogP contribution is -2.01. The van der Waals surface area contributed by atoms with E-state index in [2.05, 4.69) is 4.98 Å². The minimum absolute atomic E-state index is 0.267. The second-order valence-corrected chi connectivity index (χ2v) is 4.07. The van der Waals surface area contributed by atoms with Gasteiger partial charge in [-0.1, -0.05) is 6.07 Å². The van der Waals surface area contributed by atoms with Gasteiger partial charge in [0.2, 0.25) is 0 Å². The quantitative estimate of drug-likeness (QED) is 0.749. The third-order valence-electron chi connectivity index (χ3n) is 2.99. The summed E-state index contributed by atoms with van der Waals surface area (Å²) in [7, 11) is 0. The predicted octanol–water partition coefficient (Wildman–Crippen LogP) is 2.60. The van der Waals surface area contributed by atoms with Crippen molar-refractivity contribution in [1.29, 1.82) is 0 Å². The summed E-state index contributed by atoms with van der Waals surface area (Å²) in [4.78, 5) is 4.24. The Hall–Kier alpha value is -2.20. The number of pyridine rings is 1. The van der Waals surface area contributed by atoms with Gasteiger partial charge < -0.3 is 5.73 Å². The Labute approximate surface area is 104 Å². The normalized spacial score (nSPS) is 11.0. The molecule has 0 aliphatic rings. The molecule has 3 aromatic rings. The number of benzene rings is 1. The maximum Gasteiger partial charge on any atom is 0.137 e. The van der Waals surface area contributed by atoms with Crippen LogP contribution in [0.1, 0.15) is 5.56 Å². The van der Waals surface area contributed by atoms with E-state index >= 15 is 0 Å². The Kier molecular flexibility index (Phi) is 2.57. The molecule has 2 aromatic heterocycles. The van der Waals surface area contributed by atoms with Crippen LogP contribution < -0.4 is 5.73 Å². The highest BCUT2D eigenvalue weighted by molar-refractivity contribution is 5.67. The second-order valence-electron chi connectivity index (χ2n) is 4.07. The molecular formula is C14H12FN3. The van der Waals surface area contributed by atoms with Crippen molar-refractivity contribution >= 4 is 5.65 Å². The minimum atomic E-state index is -0.267. The molecule has 0 spiro atoms. The number of nitrogens with two attached hydrogens (primary N) is 1. The van der Waals surface area contributed by atoms with Crippen LogP contribution in [0.2, 0.25) is 0 Å². The van der Waals surface area contributed by atoms with Crippen LogP contribution in [0.3, 0.4) is 0 Å². The lowest BCUT2D eigenvalue weighted by atomic mass is 10.0. The molecule has 3 nitrogen and oxygen atoms in total. The molecule has 0 bridgehead atoms. The zero-order chi connectivity index (χ0) is 12.5. The van der Waals surface area contributed by atoms with Gasteiger partial charge in [-0.3, -0.25) is 4.40 Å². The first-order valence-electron chi connectivity index (χ1n) is 5.70. The Balaban J connectivity index is 2.29. The van der Waals surface area contributed by atoms with Crippen molar-refractivity contribution in [2.75, 3.05) is 0 Å². The van der Waals surface area contributed by atoms with Crippen molar-refractivity contribution in [1.82, 2.24) is 9.38 Å². The van der Waals surface area contributed by atoms with Gasteiger partial charge in [0.15, 0.2) is 0 Å². The average molecular weight is 241 g/mol. The maximum absolute atomic E-state index is 13.2. The molecule has 0 fully saturated rings. The van der Waals surface area contributed by atoms with Gasteiger partial charge in [-0.2, -0.15) is 0 Å². The standard InChI is InChI=1S/C14H12FN3/c15-11-4-5-12(10(8-11)9-16)13-2-1-3-14-17-6-7-18(13)14/h1-8H,9,16H2. The number of hydrogen-bond donors (Lipinski definition) is 1. The van der Waals surface area contributed by atoms with E-state index in [9.17, 15) is 4.39 Å². The molecule has 2 N–H and O–H groups in total. The van der Waals surface area contributed by atoms with Crippen molar-refractivity contribution in [3.8, 4) is 11.3 Å². The average Bonchev–Trinajstić information content (AvgIpc) is 2.86. The first-order chi connectivity index (χ1) is 8.79. The smallest absolute Gasteiger partial charge is 0.137 e. The van der Waals surface area contributed by atoms with Crippen LogP contribution in [-0.4, -0.2) is 9.38 Å². The molecule has 0 amide bonds. The first-order valence-corrected chi connectivity index (χ1v) is 5.70. The number of rotatable bonds is 2. The van der Waals surface area contributed by atoms with Crippen LogP contribution in [-0.2, 0) is 6.54 Å². The summed E-state index contributed by atoms with van der Waals surface area (Å²) in [5.74, 6) is -0.267. The van der Waals surface area contributed by atoms with Crippen LogP contribution in [0.5, 0.6) is 0 Å². The zero-order valence-electron chi connectivity index (χ0n) is 9.68. The molecule has 4 heteroatoms. The Morgan fingerprint density at radius 1 is 1.22 bits per heavy atom. The number of aromatic nitrogens is 2. The Morgan fingerprint density at radius 2 is 2.11 bits per heavy atom. The molecule has 0 atom stereocenters. The van der Waals surface area contributed by atoms with Gasteiger partial charge in [-0.05, 0) is 35.9 Å². The summed E-state index contributed by atoms with van der Waals surface area (Å²) in [5, 5.41) is 0. The SMILES string of the molecule is NCc1cc(F)ccc1-c1cccc2nccn12. The maximum atomic E-state index is 13.2. The topological polar surface area (TPSA) is 43.3 Å². The Morgan fingerprint density at radius 3 is 2.94 bits per heavy atom. The van der Waals surface area contributed by atoms with Crippen molar-refractivity contribution in [3.05, 3.63) is 60.2 Å². The summed E-state index contributed by atoms with van der Waals surface area (Å²) < 4.78 is 15.2. The van der Waals surface area contributed by atoms with Crippen LogP contribution in [0.4, 0.5) is 4.39 Å². The van der Waals surface area contributed by atoms with Gasteiger partial charge in [0.05, 0.1) is 5.69 Å². The van der Waals surface area contributed by atoms with Gasteiger partial charge in [0.25, 0.3) is 0 Å². The number of halogens is 1. The molecule has 0 unspecified atom stereocenters. The van der Waals surface area contributed by atoms with Crippen molar-refractivity contribution in [2.24, 2.45) is 5.73 Å². The van der Waals surface area contributed by atoms with E-state index in [4.69, 9.17) is 5.73 Å². The van der Waals surface area contributed by atoms with Gasteiger partial charge in [0.1, 0.15) is 11.5 Å². The fourth-order valence-corrected chi connectivity index (χ4v) is 2.15. The second kappa shape index (κ2) is 4.23. The number of nitrogens with zero attached hydrogens (tertiary/aromatic N) is 2. The van der Waals surface area contributed by atoms with Crippen LogP contribution in [0.25, 0.3) is 16.9 Å². The fraction of sp³-hybridized carbons (Fsp3) is 0.0714. The third-order valence-corrected chi connectivity index (χ3v) is 2.99. The molecule has 0 saturated carbocycles. The fourth-order valence-electron chi connectivity index (χ4n) is 2.15. The van der Waals surface area contributed by atoms with E-state index in [0.717, 1.165) is 22.5 Å². The molecule has 18 heavy (non-hydrogen) atoms. The van der Waals surface area contributed by atoms with E-state index in [1.54, 1.807) is 12.3 Å². The number of fused-ring (bicyclic) bond motifs is 1. The van der Waals surface area contributed by atoms with E-state index in [1.807, 2.05) is 28.8 Å². The third kappa shape index (κ3) is 1.67. The molecule has 0 radical (unpaired) electrons. The highest BCUT2D eigenvalue weighted by atomic mass is 19.1. The Bertz CT molecular complexity index is 703. The molecule has 0 aliphatic heterocycles. The molecule has 90 valence electrons. The summed E-state index contributed by atoms with van der Waals surface area (Å²) in [6.45, 7) is 0.304. The van der Waals surface area contributed by atoms with Crippen LogP contribution >= 0.6 is 0 Å². The van der Waals surface area contributed by atoms with Gasteiger partial charge in [0, 0.05) is 24.5 Å². The molecular weight excluding hydrogens is 229 g/mol. The van der Waals surface area contributed by atoms with Crippen molar-refractivity contribution in [3.63, 3.8) is 0 Å². The summed E-state index contributed by atoms with van der Waals surface area (Å²) in [5.41, 5.74) is 9.23. The van der Waals surface area contributed by atoms with Crippen molar-refractivity contribution in [2.45, 2.75) is 6.54 Å². The lowest BCUT2D eigenvalue weighted by molar-refractivity contribution is 0.625. The van der Waals surface area contributed by atoms with Crippen LogP contribution in [0.15, 0.2) is 48.8 Å². The predicted molar refractivity (Wildman–Crippen MR) is 68.5 cm³/mol. The molecule has 2 heterocycles. The van der Waals surface area contributed by atoms with Gasteiger partial charge in [-0.25, -0.2) is 9.37 Å². The van der Waals surface area contributed by atoms with E-state index in [1.165, 1.54) is 12.1 Å².